The molecule has 2 N–H and O–H groups in total. The van der Waals surface area contributed by atoms with Crippen LogP contribution in [-0.2, 0) is 16.0 Å². The summed E-state index contributed by atoms with van der Waals surface area (Å²) in [4.78, 5) is 12.2. The van der Waals surface area contributed by atoms with Crippen molar-refractivity contribution in [3.05, 3.63) is 33.8 Å². The van der Waals surface area contributed by atoms with Gasteiger partial charge in [-0.05, 0) is 43.6 Å². The molecule has 1 aromatic rings. The number of rotatable bonds is 6. The highest BCUT2D eigenvalue weighted by atomic mass is 35.5. The lowest BCUT2D eigenvalue weighted by Gasteiger charge is -2.37. The van der Waals surface area contributed by atoms with Crippen LogP contribution in [0.2, 0.25) is 10.0 Å². The molecule has 122 valence electrons. The maximum absolute atomic E-state index is 12.2. The molecule has 0 bridgehead atoms. The summed E-state index contributed by atoms with van der Waals surface area (Å²) in [5, 5.41) is 7.40. The molecule has 22 heavy (non-hydrogen) atoms. The van der Waals surface area contributed by atoms with Gasteiger partial charge in [0, 0.05) is 29.1 Å². The Labute approximate surface area is 141 Å². The summed E-state index contributed by atoms with van der Waals surface area (Å²) < 4.78 is 5.35. The van der Waals surface area contributed by atoms with Crippen LogP contribution in [0.3, 0.4) is 0 Å². The minimum absolute atomic E-state index is 0.0138. The predicted molar refractivity (Wildman–Crippen MR) is 89.6 cm³/mol. The fourth-order valence-electron chi connectivity index (χ4n) is 2.85. The van der Waals surface area contributed by atoms with E-state index in [0.717, 1.165) is 25.9 Å². The minimum atomic E-state index is -0.0657. The maximum atomic E-state index is 12.2. The van der Waals surface area contributed by atoms with E-state index in [0.29, 0.717) is 28.8 Å². The zero-order chi connectivity index (χ0) is 16.0. The molecule has 0 atom stereocenters. The Hall–Kier alpha value is -0.810. The van der Waals surface area contributed by atoms with Gasteiger partial charge in [0.2, 0.25) is 5.91 Å². The first kappa shape index (κ1) is 17.5. The Morgan fingerprint density at radius 1 is 1.32 bits per heavy atom. The topological polar surface area (TPSA) is 50.4 Å². The van der Waals surface area contributed by atoms with Gasteiger partial charge in [-0.1, -0.05) is 29.3 Å². The van der Waals surface area contributed by atoms with E-state index in [2.05, 4.69) is 10.6 Å². The zero-order valence-corrected chi connectivity index (χ0v) is 14.3. The molecule has 1 aromatic carbocycles. The Bertz CT molecular complexity index is 491. The van der Waals surface area contributed by atoms with Crippen LogP contribution < -0.4 is 10.6 Å². The van der Waals surface area contributed by atoms with Gasteiger partial charge in [0.1, 0.15) is 0 Å². The summed E-state index contributed by atoms with van der Waals surface area (Å²) in [5.74, 6) is -0.0657. The lowest BCUT2D eigenvalue weighted by molar-refractivity contribution is -0.121. The molecule has 0 unspecified atom stereocenters. The molecule has 1 aliphatic rings. The van der Waals surface area contributed by atoms with E-state index in [4.69, 9.17) is 27.9 Å². The van der Waals surface area contributed by atoms with Gasteiger partial charge < -0.3 is 15.4 Å². The molecule has 0 aromatic heterocycles. The van der Waals surface area contributed by atoms with Crippen molar-refractivity contribution in [3.8, 4) is 0 Å². The van der Waals surface area contributed by atoms with Gasteiger partial charge in [-0.2, -0.15) is 0 Å². The molecule has 1 amide bonds. The van der Waals surface area contributed by atoms with Crippen LogP contribution in [0.15, 0.2) is 18.2 Å². The van der Waals surface area contributed by atoms with Crippen LogP contribution in [0.5, 0.6) is 0 Å². The zero-order valence-electron chi connectivity index (χ0n) is 12.8. The fraction of sp³-hybridized carbons (Fsp3) is 0.562. The molecule has 4 nitrogen and oxygen atoms in total. The number of hydrogen-bond donors (Lipinski definition) is 2. The number of amides is 1. The molecule has 1 fully saturated rings. The molecule has 0 saturated carbocycles. The normalized spacial score (nSPS) is 17.2. The predicted octanol–water partition coefficient (Wildman–Crippen LogP) is 2.67. The van der Waals surface area contributed by atoms with Gasteiger partial charge in [0.25, 0.3) is 0 Å². The number of piperidine rings is 1. The van der Waals surface area contributed by atoms with Crippen molar-refractivity contribution in [2.45, 2.75) is 19.3 Å². The van der Waals surface area contributed by atoms with Gasteiger partial charge >= 0.3 is 0 Å². The summed E-state index contributed by atoms with van der Waals surface area (Å²) in [5.41, 5.74) is 0.689. The van der Waals surface area contributed by atoms with Gasteiger partial charge in [0.05, 0.1) is 13.0 Å². The van der Waals surface area contributed by atoms with Crippen molar-refractivity contribution >= 4 is 29.1 Å². The van der Waals surface area contributed by atoms with Gasteiger partial charge in [-0.25, -0.2) is 0 Å². The van der Waals surface area contributed by atoms with Crippen LogP contribution in [0, 0.1) is 5.41 Å². The number of ether oxygens (including phenoxy) is 1. The highest BCUT2D eigenvalue weighted by Crippen LogP contribution is 2.28. The van der Waals surface area contributed by atoms with E-state index in [1.165, 1.54) is 0 Å². The third-order valence-electron chi connectivity index (χ3n) is 4.17. The van der Waals surface area contributed by atoms with Crippen molar-refractivity contribution in [1.82, 2.24) is 10.6 Å². The van der Waals surface area contributed by atoms with Gasteiger partial charge in [-0.3, -0.25) is 4.79 Å². The highest BCUT2D eigenvalue weighted by molar-refractivity contribution is 6.36. The van der Waals surface area contributed by atoms with E-state index in [-0.39, 0.29) is 17.7 Å². The Morgan fingerprint density at radius 3 is 2.55 bits per heavy atom. The first-order valence-corrected chi connectivity index (χ1v) is 8.21. The van der Waals surface area contributed by atoms with Crippen molar-refractivity contribution in [3.63, 3.8) is 0 Å². The largest absolute Gasteiger partial charge is 0.384 e. The van der Waals surface area contributed by atoms with Gasteiger partial charge in [0.15, 0.2) is 0 Å². The van der Waals surface area contributed by atoms with E-state index < -0.39 is 0 Å². The van der Waals surface area contributed by atoms with Crippen LogP contribution in [0.4, 0.5) is 0 Å². The monoisotopic (exact) mass is 344 g/mol. The third-order valence-corrected chi connectivity index (χ3v) is 4.88. The number of carbonyl (C=O) groups excluding carboxylic acids is 1. The van der Waals surface area contributed by atoms with Crippen molar-refractivity contribution in [1.29, 1.82) is 0 Å². The molecular weight excluding hydrogens is 323 g/mol. The fourth-order valence-corrected chi connectivity index (χ4v) is 3.38. The van der Waals surface area contributed by atoms with Crippen LogP contribution >= 0.6 is 23.2 Å². The highest BCUT2D eigenvalue weighted by Gasteiger charge is 2.32. The average Bonchev–Trinajstić information content (AvgIpc) is 2.50. The summed E-state index contributed by atoms with van der Waals surface area (Å²) in [6.07, 6.45) is 2.18. The lowest BCUT2D eigenvalue weighted by Crippen LogP contribution is -2.47. The summed E-state index contributed by atoms with van der Waals surface area (Å²) in [6, 6.07) is 5.26. The number of benzene rings is 1. The van der Waals surface area contributed by atoms with Gasteiger partial charge in [-0.15, -0.1) is 0 Å². The summed E-state index contributed by atoms with van der Waals surface area (Å²) in [7, 11) is 1.70. The number of nitrogens with one attached hydrogen (secondary N) is 2. The maximum Gasteiger partial charge on any atom is 0.224 e. The number of hydrogen-bond acceptors (Lipinski definition) is 3. The first-order chi connectivity index (χ1) is 10.6. The average molecular weight is 345 g/mol. The molecule has 0 spiro atoms. The molecule has 6 heteroatoms. The molecule has 0 aliphatic carbocycles. The Morgan fingerprint density at radius 2 is 1.95 bits per heavy atom. The standard InChI is InChI=1S/C16H22Cl2N2O2/c1-22-11-16(5-7-19-8-6-16)10-20-15(21)9-12-13(17)3-2-4-14(12)18/h2-4,19H,5-11H2,1H3,(H,20,21). The number of carbonyl (C=O) groups is 1. The Balaban J connectivity index is 1.94. The van der Waals surface area contributed by atoms with Crippen molar-refractivity contribution in [2.75, 3.05) is 33.4 Å². The van der Waals surface area contributed by atoms with E-state index in [9.17, 15) is 4.79 Å². The molecule has 1 saturated heterocycles. The van der Waals surface area contributed by atoms with Crippen LogP contribution in [0.1, 0.15) is 18.4 Å². The van der Waals surface area contributed by atoms with Crippen LogP contribution in [0.25, 0.3) is 0 Å². The van der Waals surface area contributed by atoms with Crippen molar-refractivity contribution < 1.29 is 9.53 Å². The SMILES string of the molecule is COCC1(CNC(=O)Cc2c(Cl)cccc2Cl)CCNCC1. The smallest absolute Gasteiger partial charge is 0.224 e. The first-order valence-electron chi connectivity index (χ1n) is 7.46. The molecule has 0 radical (unpaired) electrons. The molecule has 2 rings (SSSR count). The summed E-state index contributed by atoms with van der Waals surface area (Å²) in [6.45, 7) is 3.18. The quantitative estimate of drug-likeness (QED) is 0.834. The third kappa shape index (κ3) is 4.59. The second-order valence-corrected chi connectivity index (χ2v) is 6.65. The minimum Gasteiger partial charge on any atom is -0.384 e. The molecule has 1 aliphatic heterocycles. The van der Waals surface area contributed by atoms with E-state index in [1.54, 1.807) is 25.3 Å². The number of halogens is 2. The summed E-state index contributed by atoms with van der Waals surface area (Å²) >= 11 is 12.2. The van der Waals surface area contributed by atoms with Crippen molar-refractivity contribution in [2.24, 2.45) is 5.41 Å². The molecular formula is C16H22Cl2N2O2. The van der Waals surface area contributed by atoms with Crippen LogP contribution in [-0.4, -0.2) is 39.3 Å². The Kier molecular flexibility index (Phi) is 6.50. The van der Waals surface area contributed by atoms with E-state index in [1.807, 2.05) is 0 Å². The van der Waals surface area contributed by atoms with E-state index >= 15 is 0 Å². The molecule has 1 heterocycles. The lowest BCUT2D eigenvalue weighted by atomic mass is 9.79. The second kappa shape index (κ2) is 8.16. The second-order valence-electron chi connectivity index (χ2n) is 5.84. The number of methoxy groups -OCH3 is 1.